The van der Waals surface area contributed by atoms with Gasteiger partial charge in [-0.3, -0.25) is 9.36 Å². The number of hydrogen-bond acceptors (Lipinski definition) is 3. The van der Waals surface area contributed by atoms with E-state index in [-0.39, 0.29) is 11.2 Å². The van der Waals surface area contributed by atoms with Crippen LogP contribution < -0.4 is 11.2 Å². The number of fused-ring (bicyclic) bond motifs is 1. The average Bonchev–Trinajstić information content (AvgIpc) is 3.03. The van der Waals surface area contributed by atoms with E-state index in [0.717, 1.165) is 20.8 Å². The maximum absolute atomic E-state index is 13.3. The van der Waals surface area contributed by atoms with E-state index < -0.39 is 0 Å². The van der Waals surface area contributed by atoms with Crippen LogP contribution in [-0.2, 0) is 6.54 Å². The molecule has 0 amide bonds. The van der Waals surface area contributed by atoms with Gasteiger partial charge < -0.3 is 0 Å². The second kappa shape index (κ2) is 6.42. The number of aryl methyl sites for hydroxylation is 2. The van der Waals surface area contributed by atoms with Crippen molar-refractivity contribution in [1.29, 1.82) is 0 Å². The molecule has 0 atom stereocenters. The monoisotopic (exact) mass is 362 g/mol. The van der Waals surface area contributed by atoms with Gasteiger partial charge in [0.25, 0.3) is 5.56 Å². The fourth-order valence-electron chi connectivity index (χ4n) is 3.17. The minimum absolute atomic E-state index is 0.262. The Hall–Kier alpha value is -2.92. The van der Waals surface area contributed by atoms with Crippen LogP contribution in [0.5, 0.6) is 0 Å². The largest absolute Gasteiger partial charge is 0.337 e. The van der Waals surface area contributed by atoms with E-state index in [9.17, 15) is 9.59 Å². The van der Waals surface area contributed by atoms with Gasteiger partial charge in [-0.1, -0.05) is 42.5 Å². The first-order valence-corrected chi connectivity index (χ1v) is 9.24. The Morgan fingerprint density at radius 3 is 2.35 bits per heavy atom. The first-order chi connectivity index (χ1) is 12.6. The second-order valence-electron chi connectivity index (χ2n) is 6.35. The van der Waals surface area contributed by atoms with Gasteiger partial charge in [-0.25, -0.2) is 9.36 Å². The lowest BCUT2D eigenvalue weighted by Crippen LogP contribution is -2.38. The van der Waals surface area contributed by atoms with Gasteiger partial charge in [-0.15, -0.1) is 11.3 Å². The summed E-state index contributed by atoms with van der Waals surface area (Å²) in [5, 5.41) is 0.588. The Balaban J connectivity index is 2.05. The minimum atomic E-state index is -0.307. The Labute approximate surface area is 154 Å². The summed E-state index contributed by atoms with van der Waals surface area (Å²) in [4.78, 5) is 28.0. The number of thiophene rings is 1. The molecule has 4 aromatic rings. The quantitative estimate of drug-likeness (QED) is 0.555. The molecule has 0 saturated carbocycles. The molecule has 130 valence electrons. The summed E-state index contributed by atoms with van der Waals surface area (Å²) >= 11 is 1.49. The Morgan fingerprint density at radius 1 is 0.923 bits per heavy atom. The highest BCUT2D eigenvalue weighted by Gasteiger charge is 2.17. The van der Waals surface area contributed by atoms with Crippen molar-refractivity contribution in [1.82, 2.24) is 9.13 Å². The molecule has 0 unspecified atom stereocenters. The second-order valence-corrected chi connectivity index (χ2v) is 7.58. The fraction of sp³-hybridized carbons (Fsp3) is 0.143. The topological polar surface area (TPSA) is 44.0 Å². The van der Waals surface area contributed by atoms with Crippen LogP contribution in [0.1, 0.15) is 16.0 Å². The van der Waals surface area contributed by atoms with Crippen molar-refractivity contribution >= 4 is 21.6 Å². The standard InChI is InChI=1S/C21H18N2O2S/c1-14-8-6-7-9-16(14)13-22-20-18(12-15(2)26-20)19(24)23(21(22)25)17-10-4-3-5-11-17/h3-12H,13H2,1-2H3. The molecule has 0 radical (unpaired) electrons. The van der Waals surface area contributed by atoms with E-state index in [1.54, 1.807) is 16.7 Å². The van der Waals surface area contributed by atoms with E-state index in [1.807, 2.05) is 62.4 Å². The highest BCUT2D eigenvalue weighted by Crippen LogP contribution is 2.23. The van der Waals surface area contributed by atoms with Crippen LogP contribution in [-0.4, -0.2) is 9.13 Å². The minimum Gasteiger partial charge on any atom is -0.279 e. The highest BCUT2D eigenvalue weighted by molar-refractivity contribution is 7.18. The SMILES string of the molecule is Cc1cc2c(=O)n(-c3ccccc3)c(=O)n(Cc3ccccc3C)c2s1. The molecule has 26 heavy (non-hydrogen) atoms. The van der Waals surface area contributed by atoms with Crippen LogP contribution in [0.15, 0.2) is 70.3 Å². The fourth-order valence-corrected chi connectivity index (χ4v) is 4.16. The van der Waals surface area contributed by atoms with Crippen molar-refractivity contribution in [2.45, 2.75) is 20.4 Å². The van der Waals surface area contributed by atoms with E-state index in [2.05, 4.69) is 0 Å². The Morgan fingerprint density at radius 2 is 1.62 bits per heavy atom. The zero-order valence-electron chi connectivity index (χ0n) is 14.6. The van der Waals surface area contributed by atoms with Crippen LogP contribution in [0.4, 0.5) is 0 Å². The molecule has 5 heteroatoms. The van der Waals surface area contributed by atoms with Crippen molar-refractivity contribution in [2.75, 3.05) is 0 Å². The van der Waals surface area contributed by atoms with Gasteiger partial charge in [0, 0.05) is 4.88 Å². The molecular weight excluding hydrogens is 344 g/mol. The first-order valence-electron chi connectivity index (χ1n) is 8.42. The number of rotatable bonds is 3. The smallest absolute Gasteiger partial charge is 0.279 e. The van der Waals surface area contributed by atoms with E-state index in [1.165, 1.54) is 15.9 Å². The van der Waals surface area contributed by atoms with Crippen molar-refractivity contribution in [3.8, 4) is 5.69 Å². The highest BCUT2D eigenvalue weighted by atomic mass is 32.1. The summed E-state index contributed by atoms with van der Waals surface area (Å²) in [6.07, 6.45) is 0. The van der Waals surface area contributed by atoms with Gasteiger partial charge in [0.1, 0.15) is 4.83 Å². The van der Waals surface area contributed by atoms with Gasteiger partial charge in [-0.2, -0.15) is 0 Å². The van der Waals surface area contributed by atoms with Gasteiger partial charge >= 0.3 is 5.69 Å². The lowest BCUT2D eigenvalue weighted by Gasteiger charge is -2.13. The third-order valence-corrected chi connectivity index (χ3v) is 5.61. The summed E-state index contributed by atoms with van der Waals surface area (Å²) in [6, 6.07) is 19.0. The molecule has 0 N–H and O–H groups in total. The molecule has 0 aliphatic heterocycles. The number of para-hydroxylation sites is 1. The maximum atomic E-state index is 13.3. The zero-order chi connectivity index (χ0) is 18.3. The molecule has 0 spiro atoms. The average molecular weight is 362 g/mol. The Bertz CT molecular complexity index is 1220. The lowest BCUT2D eigenvalue weighted by molar-refractivity contribution is 0.717. The molecule has 2 aromatic heterocycles. The first kappa shape index (κ1) is 16.5. The third-order valence-electron chi connectivity index (χ3n) is 4.54. The van der Waals surface area contributed by atoms with E-state index in [0.29, 0.717) is 17.6 Å². The van der Waals surface area contributed by atoms with Gasteiger partial charge in [0.05, 0.1) is 17.6 Å². The molecule has 0 bridgehead atoms. The van der Waals surface area contributed by atoms with Crippen LogP contribution in [0.3, 0.4) is 0 Å². The molecule has 4 rings (SSSR count). The van der Waals surface area contributed by atoms with Crippen molar-refractivity contribution in [3.05, 3.63) is 97.5 Å². The summed E-state index contributed by atoms with van der Waals surface area (Å²) in [7, 11) is 0. The lowest BCUT2D eigenvalue weighted by atomic mass is 10.1. The molecule has 2 aromatic carbocycles. The Kier molecular flexibility index (Phi) is 4.09. The summed E-state index contributed by atoms with van der Waals surface area (Å²) in [5.41, 5.74) is 2.21. The predicted molar refractivity (Wildman–Crippen MR) is 107 cm³/mol. The van der Waals surface area contributed by atoms with Crippen LogP contribution in [0.25, 0.3) is 15.9 Å². The molecule has 0 saturated heterocycles. The van der Waals surface area contributed by atoms with E-state index >= 15 is 0 Å². The zero-order valence-corrected chi connectivity index (χ0v) is 15.4. The van der Waals surface area contributed by atoms with Crippen LogP contribution in [0.2, 0.25) is 0 Å². The third kappa shape index (κ3) is 2.70. The number of aromatic nitrogens is 2. The van der Waals surface area contributed by atoms with Crippen LogP contribution >= 0.6 is 11.3 Å². The van der Waals surface area contributed by atoms with Gasteiger partial charge in [0.15, 0.2) is 0 Å². The van der Waals surface area contributed by atoms with Gasteiger partial charge in [-0.05, 0) is 43.2 Å². The maximum Gasteiger partial charge on any atom is 0.337 e. The molecular formula is C21H18N2O2S. The molecule has 2 heterocycles. The van der Waals surface area contributed by atoms with Crippen LogP contribution in [0, 0.1) is 13.8 Å². The number of benzene rings is 2. The summed E-state index contributed by atoms with van der Waals surface area (Å²) in [6.45, 7) is 4.43. The van der Waals surface area contributed by atoms with E-state index in [4.69, 9.17) is 0 Å². The molecule has 4 nitrogen and oxygen atoms in total. The number of hydrogen-bond donors (Lipinski definition) is 0. The molecule has 0 fully saturated rings. The normalized spacial score (nSPS) is 11.2. The van der Waals surface area contributed by atoms with Crippen molar-refractivity contribution in [3.63, 3.8) is 0 Å². The number of nitrogens with zero attached hydrogens (tertiary/aromatic N) is 2. The van der Waals surface area contributed by atoms with Crippen molar-refractivity contribution in [2.24, 2.45) is 0 Å². The molecule has 0 aliphatic carbocycles. The summed E-state index contributed by atoms with van der Waals surface area (Å²) in [5.74, 6) is 0. The van der Waals surface area contributed by atoms with Crippen molar-refractivity contribution < 1.29 is 0 Å². The predicted octanol–water partition coefficient (Wildman–Crippen LogP) is 3.88. The molecule has 0 aliphatic rings. The summed E-state index contributed by atoms with van der Waals surface area (Å²) < 4.78 is 2.98. The van der Waals surface area contributed by atoms with Gasteiger partial charge in [0.2, 0.25) is 0 Å².